The van der Waals surface area contributed by atoms with Crippen molar-refractivity contribution in [2.24, 2.45) is 0 Å². The molecule has 21 heavy (non-hydrogen) atoms. The molecule has 1 N–H and O–H groups in total. The maximum atomic E-state index is 10.7. The Labute approximate surface area is 136 Å². The van der Waals surface area contributed by atoms with E-state index in [4.69, 9.17) is 21.1 Å². The van der Waals surface area contributed by atoms with Crippen LogP contribution >= 0.6 is 27.5 Å². The predicted molar refractivity (Wildman–Crippen MR) is 85.4 cm³/mol. The van der Waals surface area contributed by atoms with E-state index in [1.165, 1.54) is 0 Å². The standard InChI is InChI=1S/C16H14BrClO3/c1-9-2-3-12(17)10(6-9)16(19)11-7-14-15(8-13(11)18)21-5-4-20-14/h2-3,6-8,16,19H,4-5H2,1H3. The van der Waals surface area contributed by atoms with Crippen molar-refractivity contribution in [3.63, 3.8) is 0 Å². The SMILES string of the molecule is Cc1ccc(Br)c(C(O)c2cc3c(cc2Cl)OCCO3)c1. The molecule has 2 aromatic rings. The molecule has 1 aliphatic heterocycles. The van der Waals surface area contributed by atoms with Gasteiger partial charge in [0.1, 0.15) is 19.3 Å². The largest absolute Gasteiger partial charge is 0.486 e. The highest BCUT2D eigenvalue weighted by Gasteiger charge is 2.21. The summed E-state index contributed by atoms with van der Waals surface area (Å²) in [5.41, 5.74) is 2.45. The van der Waals surface area contributed by atoms with Crippen LogP contribution in [0.25, 0.3) is 0 Å². The van der Waals surface area contributed by atoms with Gasteiger partial charge >= 0.3 is 0 Å². The van der Waals surface area contributed by atoms with Gasteiger partial charge in [-0.15, -0.1) is 0 Å². The Kier molecular flexibility index (Phi) is 4.11. The summed E-state index contributed by atoms with van der Waals surface area (Å²) in [4.78, 5) is 0. The van der Waals surface area contributed by atoms with Crippen molar-refractivity contribution in [3.8, 4) is 11.5 Å². The van der Waals surface area contributed by atoms with Crippen molar-refractivity contribution >= 4 is 27.5 Å². The molecule has 0 aromatic heterocycles. The molecule has 110 valence electrons. The second-order valence-corrected chi connectivity index (χ2v) is 6.21. The van der Waals surface area contributed by atoms with E-state index >= 15 is 0 Å². The summed E-state index contributed by atoms with van der Waals surface area (Å²) < 4.78 is 11.9. The molecule has 0 spiro atoms. The van der Waals surface area contributed by atoms with Crippen molar-refractivity contribution in [2.45, 2.75) is 13.0 Å². The number of aryl methyl sites for hydroxylation is 1. The van der Waals surface area contributed by atoms with E-state index in [1.54, 1.807) is 12.1 Å². The van der Waals surface area contributed by atoms with Crippen molar-refractivity contribution in [1.82, 2.24) is 0 Å². The first-order valence-corrected chi connectivity index (χ1v) is 7.76. The maximum absolute atomic E-state index is 10.7. The molecular formula is C16H14BrClO3. The molecule has 0 fully saturated rings. The number of aliphatic hydroxyl groups is 1. The fourth-order valence-electron chi connectivity index (χ4n) is 2.33. The third-order valence-electron chi connectivity index (χ3n) is 3.40. The molecule has 0 bridgehead atoms. The van der Waals surface area contributed by atoms with Crippen LogP contribution in [0, 0.1) is 6.92 Å². The molecule has 0 saturated heterocycles. The monoisotopic (exact) mass is 368 g/mol. The third kappa shape index (κ3) is 2.89. The Morgan fingerprint density at radius 2 is 1.76 bits per heavy atom. The van der Waals surface area contributed by atoms with E-state index in [2.05, 4.69) is 15.9 Å². The predicted octanol–water partition coefficient (Wildman–Crippen LogP) is 4.26. The summed E-state index contributed by atoms with van der Waals surface area (Å²) in [6.07, 6.45) is -0.831. The second kappa shape index (κ2) is 5.87. The first kappa shape index (κ1) is 14.7. The zero-order chi connectivity index (χ0) is 15.0. The first-order chi connectivity index (χ1) is 10.1. The topological polar surface area (TPSA) is 38.7 Å². The Balaban J connectivity index is 2.05. The summed E-state index contributed by atoms with van der Waals surface area (Å²) >= 11 is 9.76. The van der Waals surface area contributed by atoms with E-state index < -0.39 is 6.10 Å². The zero-order valence-electron chi connectivity index (χ0n) is 11.4. The van der Waals surface area contributed by atoms with Crippen LogP contribution in [0.2, 0.25) is 5.02 Å². The number of rotatable bonds is 2. The number of hydrogen-bond acceptors (Lipinski definition) is 3. The van der Waals surface area contributed by atoms with Gasteiger partial charge in [-0.2, -0.15) is 0 Å². The number of aliphatic hydroxyl groups excluding tert-OH is 1. The molecule has 0 radical (unpaired) electrons. The van der Waals surface area contributed by atoms with Gasteiger partial charge in [-0.1, -0.05) is 45.2 Å². The summed E-state index contributed by atoms with van der Waals surface area (Å²) in [6, 6.07) is 9.27. The van der Waals surface area contributed by atoms with E-state index in [0.29, 0.717) is 35.3 Å². The highest BCUT2D eigenvalue weighted by atomic mass is 79.9. The lowest BCUT2D eigenvalue weighted by Crippen LogP contribution is -2.16. The average molecular weight is 370 g/mol. The highest BCUT2D eigenvalue weighted by molar-refractivity contribution is 9.10. The molecule has 1 heterocycles. The summed E-state index contributed by atoms with van der Waals surface area (Å²) in [5, 5.41) is 11.1. The number of hydrogen-bond donors (Lipinski definition) is 1. The number of benzene rings is 2. The molecule has 1 atom stereocenters. The molecule has 0 aliphatic carbocycles. The minimum absolute atomic E-state index is 0.458. The maximum Gasteiger partial charge on any atom is 0.162 e. The molecular weight excluding hydrogens is 356 g/mol. The van der Waals surface area contributed by atoms with Crippen LogP contribution in [0.5, 0.6) is 11.5 Å². The lowest BCUT2D eigenvalue weighted by molar-refractivity contribution is 0.169. The molecule has 3 rings (SSSR count). The molecule has 2 aromatic carbocycles. The van der Waals surface area contributed by atoms with Gasteiger partial charge in [-0.25, -0.2) is 0 Å². The minimum Gasteiger partial charge on any atom is -0.486 e. The van der Waals surface area contributed by atoms with Crippen LogP contribution in [0.3, 0.4) is 0 Å². The van der Waals surface area contributed by atoms with Gasteiger partial charge in [0.25, 0.3) is 0 Å². The van der Waals surface area contributed by atoms with Gasteiger partial charge in [-0.05, 0) is 24.6 Å². The van der Waals surface area contributed by atoms with E-state index in [9.17, 15) is 5.11 Å². The second-order valence-electron chi connectivity index (χ2n) is 4.94. The van der Waals surface area contributed by atoms with E-state index in [-0.39, 0.29) is 0 Å². The Morgan fingerprint density at radius 1 is 1.10 bits per heavy atom. The van der Waals surface area contributed by atoms with Crippen LogP contribution in [0.1, 0.15) is 22.8 Å². The van der Waals surface area contributed by atoms with Gasteiger partial charge in [-0.3, -0.25) is 0 Å². The fourth-order valence-corrected chi connectivity index (χ4v) is 3.05. The fraction of sp³-hybridized carbons (Fsp3) is 0.250. The van der Waals surface area contributed by atoms with Crippen LogP contribution in [0.15, 0.2) is 34.8 Å². The van der Waals surface area contributed by atoms with Gasteiger partial charge in [0.05, 0.1) is 5.02 Å². The van der Waals surface area contributed by atoms with Crippen molar-refractivity contribution in [3.05, 3.63) is 56.5 Å². The van der Waals surface area contributed by atoms with Crippen LogP contribution in [-0.2, 0) is 0 Å². The average Bonchev–Trinajstić information content (AvgIpc) is 2.48. The van der Waals surface area contributed by atoms with Crippen LogP contribution in [-0.4, -0.2) is 18.3 Å². The molecule has 0 amide bonds. The molecule has 3 nitrogen and oxygen atoms in total. The van der Waals surface area contributed by atoms with Crippen LogP contribution in [0.4, 0.5) is 0 Å². The summed E-state index contributed by atoms with van der Waals surface area (Å²) in [6.45, 7) is 2.99. The third-order valence-corrected chi connectivity index (χ3v) is 4.45. The Bertz CT molecular complexity index is 687. The van der Waals surface area contributed by atoms with Crippen LogP contribution < -0.4 is 9.47 Å². The van der Waals surface area contributed by atoms with Crippen molar-refractivity contribution in [1.29, 1.82) is 0 Å². The quantitative estimate of drug-likeness (QED) is 0.859. The zero-order valence-corrected chi connectivity index (χ0v) is 13.7. The van der Waals surface area contributed by atoms with E-state index in [0.717, 1.165) is 15.6 Å². The van der Waals surface area contributed by atoms with Gasteiger partial charge in [0.2, 0.25) is 0 Å². The van der Waals surface area contributed by atoms with Gasteiger partial charge in [0.15, 0.2) is 11.5 Å². The lowest BCUT2D eigenvalue weighted by atomic mass is 9.99. The molecule has 0 saturated carbocycles. The smallest absolute Gasteiger partial charge is 0.162 e. The number of ether oxygens (including phenoxy) is 2. The minimum atomic E-state index is -0.831. The molecule has 1 unspecified atom stereocenters. The first-order valence-electron chi connectivity index (χ1n) is 6.59. The highest BCUT2D eigenvalue weighted by Crippen LogP contribution is 2.40. The Hall–Kier alpha value is -1.23. The number of halogens is 2. The van der Waals surface area contributed by atoms with Crippen molar-refractivity contribution < 1.29 is 14.6 Å². The number of fused-ring (bicyclic) bond motifs is 1. The normalized spacial score (nSPS) is 14.9. The molecule has 5 heteroatoms. The summed E-state index contributed by atoms with van der Waals surface area (Å²) in [5.74, 6) is 1.23. The van der Waals surface area contributed by atoms with Gasteiger partial charge in [0, 0.05) is 16.1 Å². The van der Waals surface area contributed by atoms with E-state index in [1.807, 2.05) is 25.1 Å². The van der Waals surface area contributed by atoms with Crippen molar-refractivity contribution in [2.75, 3.05) is 13.2 Å². The summed E-state index contributed by atoms with van der Waals surface area (Å²) in [7, 11) is 0. The lowest BCUT2D eigenvalue weighted by Gasteiger charge is -2.22. The van der Waals surface area contributed by atoms with Gasteiger partial charge < -0.3 is 14.6 Å². The molecule has 1 aliphatic rings. The Morgan fingerprint density at radius 3 is 2.48 bits per heavy atom.